The number of methoxy groups -OCH3 is 2. The Labute approximate surface area is 161 Å². The molecule has 7 heteroatoms. The number of amides is 1. The zero-order valence-corrected chi connectivity index (χ0v) is 16.1. The summed E-state index contributed by atoms with van der Waals surface area (Å²) in [6.07, 6.45) is 1.79. The van der Waals surface area contributed by atoms with Crippen LogP contribution in [0.5, 0.6) is 11.5 Å². The van der Waals surface area contributed by atoms with Crippen LogP contribution in [0, 0.1) is 0 Å². The Kier molecular flexibility index (Phi) is 5.54. The van der Waals surface area contributed by atoms with Crippen molar-refractivity contribution < 1.29 is 14.3 Å². The molecule has 0 saturated carbocycles. The van der Waals surface area contributed by atoms with E-state index in [9.17, 15) is 4.79 Å². The molecule has 5 nitrogen and oxygen atoms in total. The fraction of sp³-hybridized carbons (Fsp3) is 0.158. The largest absolute Gasteiger partial charge is 0.497 e. The van der Waals surface area contributed by atoms with Crippen molar-refractivity contribution >= 4 is 46.2 Å². The highest BCUT2D eigenvalue weighted by molar-refractivity contribution is 8.18. The van der Waals surface area contributed by atoms with Gasteiger partial charge in [-0.15, -0.1) is 0 Å². The molecule has 1 amide bonds. The first kappa shape index (κ1) is 18.4. The molecule has 0 N–H and O–H groups in total. The molecule has 2 aromatic carbocycles. The quantitative estimate of drug-likeness (QED) is 0.719. The van der Waals surface area contributed by atoms with Crippen LogP contribution < -0.4 is 9.47 Å². The molecule has 1 aliphatic heterocycles. The molecule has 0 spiro atoms. The summed E-state index contributed by atoms with van der Waals surface area (Å²) in [4.78, 5) is 19.2. The molecule has 1 aliphatic rings. The van der Waals surface area contributed by atoms with Gasteiger partial charge in [-0.25, -0.2) is 4.99 Å². The number of rotatable bonds is 4. The molecule has 0 aromatic heterocycles. The number of carbonyl (C=O) groups excluding carboxylic acids is 1. The summed E-state index contributed by atoms with van der Waals surface area (Å²) < 4.78 is 10.6. The lowest BCUT2D eigenvalue weighted by molar-refractivity contribution is -0.121. The molecule has 2 aromatic rings. The van der Waals surface area contributed by atoms with Crippen LogP contribution in [0.2, 0.25) is 5.02 Å². The van der Waals surface area contributed by atoms with Gasteiger partial charge in [0.2, 0.25) is 0 Å². The number of hydrogen-bond donors (Lipinski definition) is 0. The number of amidine groups is 1. The van der Waals surface area contributed by atoms with Gasteiger partial charge in [-0.2, -0.15) is 0 Å². The molecule has 3 rings (SSSR count). The minimum atomic E-state index is -0.118. The first-order valence-corrected chi connectivity index (χ1v) is 8.95. The molecular weight excluding hydrogens is 372 g/mol. The molecule has 1 heterocycles. The van der Waals surface area contributed by atoms with Crippen LogP contribution in [0.25, 0.3) is 6.08 Å². The third-order valence-electron chi connectivity index (χ3n) is 3.78. The second-order valence-corrected chi connectivity index (χ2v) is 6.90. The number of aliphatic imine (C=N–C) groups is 1. The first-order chi connectivity index (χ1) is 12.5. The highest BCUT2D eigenvalue weighted by Crippen LogP contribution is 2.35. The predicted molar refractivity (Wildman–Crippen MR) is 106 cm³/mol. The van der Waals surface area contributed by atoms with Crippen molar-refractivity contribution in [3.05, 3.63) is 58.0 Å². The van der Waals surface area contributed by atoms with Crippen LogP contribution in [0.4, 0.5) is 5.69 Å². The zero-order chi connectivity index (χ0) is 18.7. The summed E-state index contributed by atoms with van der Waals surface area (Å²) >= 11 is 7.21. The van der Waals surface area contributed by atoms with Gasteiger partial charge in [0.05, 0.1) is 24.8 Å². The third kappa shape index (κ3) is 3.86. The molecule has 0 atom stereocenters. The van der Waals surface area contributed by atoms with E-state index in [1.807, 2.05) is 18.2 Å². The summed E-state index contributed by atoms with van der Waals surface area (Å²) in [6, 6.07) is 12.6. The average molecular weight is 389 g/mol. The van der Waals surface area contributed by atoms with Crippen molar-refractivity contribution in [1.82, 2.24) is 4.90 Å². The van der Waals surface area contributed by atoms with Crippen LogP contribution in [-0.2, 0) is 4.79 Å². The molecule has 1 fully saturated rings. The highest BCUT2D eigenvalue weighted by Gasteiger charge is 2.30. The number of thioether (sulfide) groups is 1. The number of carbonyl (C=O) groups is 1. The minimum Gasteiger partial charge on any atom is -0.497 e. The van der Waals surface area contributed by atoms with Crippen LogP contribution in [0.1, 0.15) is 5.56 Å². The number of halogens is 1. The molecule has 1 saturated heterocycles. The van der Waals surface area contributed by atoms with Gasteiger partial charge in [-0.05, 0) is 60.3 Å². The standard InChI is InChI=1S/C19H17ClN2O3S/c1-22-18(23)17(11-12-10-15(24-2)8-9-16(12)25-3)26-19(22)21-14-6-4-13(20)5-7-14/h4-11H,1-3H3/b17-11+,21-19?. The summed E-state index contributed by atoms with van der Waals surface area (Å²) in [5, 5.41) is 1.24. The normalized spacial score (nSPS) is 17.2. The van der Waals surface area contributed by atoms with Gasteiger partial charge < -0.3 is 9.47 Å². The van der Waals surface area contributed by atoms with Crippen LogP contribution >= 0.6 is 23.4 Å². The lowest BCUT2D eigenvalue weighted by Gasteiger charge is -2.08. The summed E-state index contributed by atoms with van der Waals surface area (Å²) in [6.45, 7) is 0. The lowest BCUT2D eigenvalue weighted by Crippen LogP contribution is -2.23. The SMILES string of the molecule is COc1ccc(OC)c(/C=C2/SC(=Nc3ccc(Cl)cc3)N(C)C2=O)c1. The smallest absolute Gasteiger partial charge is 0.266 e. The Morgan fingerprint density at radius 3 is 2.50 bits per heavy atom. The highest BCUT2D eigenvalue weighted by atomic mass is 35.5. The predicted octanol–water partition coefficient (Wildman–Crippen LogP) is 4.59. The zero-order valence-electron chi connectivity index (χ0n) is 14.5. The Bertz CT molecular complexity index is 894. The van der Waals surface area contributed by atoms with E-state index in [0.717, 1.165) is 11.3 Å². The summed E-state index contributed by atoms with van der Waals surface area (Å²) in [5.41, 5.74) is 1.50. The Hall–Kier alpha value is -2.44. The third-order valence-corrected chi connectivity index (χ3v) is 5.09. The molecular formula is C19H17ClN2O3S. The van der Waals surface area contributed by atoms with Crippen LogP contribution in [0.3, 0.4) is 0 Å². The number of ether oxygens (including phenoxy) is 2. The fourth-order valence-electron chi connectivity index (χ4n) is 2.37. The van der Waals surface area contributed by atoms with Gasteiger partial charge in [-0.1, -0.05) is 11.6 Å². The summed E-state index contributed by atoms with van der Waals surface area (Å²) in [7, 11) is 4.89. The van der Waals surface area contributed by atoms with E-state index < -0.39 is 0 Å². The van der Waals surface area contributed by atoms with E-state index in [1.54, 1.807) is 51.6 Å². The van der Waals surface area contributed by atoms with Crippen molar-refractivity contribution in [3.8, 4) is 11.5 Å². The second-order valence-electron chi connectivity index (χ2n) is 5.45. The number of nitrogens with zero attached hydrogens (tertiary/aromatic N) is 2. The monoisotopic (exact) mass is 388 g/mol. The van der Waals surface area contributed by atoms with Crippen molar-refractivity contribution in [3.63, 3.8) is 0 Å². The van der Waals surface area contributed by atoms with E-state index in [4.69, 9.17) is 21.1 Å². The van der Waals surface area contributed by atoms with Crippen molar-refractivity contribution in [2.75, 3.05) is 21.3 Å². The number of likely N-dealkylation sites (N-methyl/N-ethyl adjacent to an activating group) is 1. The van der Waals surface area contributed by atoms with E-state index in [2.05, 4.69) is 4.99 Å². The van der Waals surface area contributed by atoms with Gasteiger partial charge >= 0.3 is 0 Å². The minimum absolute atomic E-state index is 0.118. The van der Waals surface area contributed by atoms with E-state index in [0.29, 0.717) is 26.6 Å². The number of hydrogen-bond acceptors (Lipinski definition) is 5. The topological polar surface area (TPSA) is 51.1 Å². The van der Waals surface area contributed by atoms with Crippen molar-refractivity contribution in [1.29, 1.82) is 0 Å². The van der Waals surface area contributed by atoms with E-state index >= 15 is 0 Å². The molecule has 0 aliphatic carbocycles. The van der Waals surface area contributed by atoms with Crippen molar-refractivity contribution in [2.45, 2.75) is 0 Å². The maximum atomic E-state index is 12.6. The Balaban J connectivity index is 1.94. The van der Waals surface area contributed by atoms with E-state index in [-0.39, 0.29) is 5.91 Å². The Morgan fingerprint density at radius 2 is 1.85 bits per heavy atom. The van der Waals surface area contributed by atoms with Gasteiger partial charge in [0.25, 0.3) is 5.91 Å². The molecule has 0 unspecified atom stereocenters. The molecule has 0 radical (unpaired) electrons. The van der Waals surface area contributed by atoms with Gasteiger partial charge in [0.15, 0.2) is 5.17 Å². The maximum absolute atomic E-state index is 12.6. The van der Waals surface area contributed by atoms with E-state index in [1.165, 1.54) is 16.7 Å². The second kappa shape index (κ2) is 7.85. The van der Waals surface area contributed by atoms with Gasteiger partial charge in [0.1, 0.15) is 11.5 Å². The lowest BCUT2D eigenvalue weighted by atomic mass is 10.1. The maximum Gasteiger partial charge on any atom is 0.266 e. The molecule has 134 valence electrons. The van der Waals surface area contributed by atoms with Gasteiger partial charge in [0, 0.05) is 17.6 Å². The average Bonchev–Trinajstić information content (AvgIpc) is 2.91. The number of benzene rings is 2. The summed E-state index contributed by atoms with van der Waals surface area (Å²) in [5.74, 6) is 1.24. The molecule has 26 heavy (non-hydrogen) atoms. The first-order valence-electron chi connectivity index (χ1n) is 7.75. The molecule has 0 bridgehead atoms. The van der Waals surface area contributed by atoms with Crippen LogP contribution in [-0.4, -0.2) is 37.2 Å². The fourth-order valence-corrected chi connectivity index (χ4v) is 3.47. The van der Waals surface area contributed by atoms with Crippen molar-refractivity contribution in [2.24, 2.45) is 4.99 Å². The Morgan fingerprint density at radius 1 is 1.12 bits per heavy atom. The van der Waals surface area contributed by atoms with Crippen LogP contribution in [0.15, 0.2) is 52.4 Å². The van der Waals surface area contributed by atoms with Gasteiger partial charge in [-0.3, -0.25) is 9.69 Å².